The first kappa shape index (κ1) is 37.3. The van der Waals surface area contributed by atoms with Gasteiger partial charge < -0.3 is 24.4 Å². The number of fused-ring (bicyclic) bond motifs is 1. The van der Waals surface area contributed by atoms with Gasteiger partial charge in [0.25, 0.3) is 0 Å². The molecule has 12 nitrogen and oxygen atoms in total. The lowest BCUT2D eigenvalue weighted by atomic mass is 10.1. The second-order valence-corrected chi connectivity index (χ2v) is 13.3. The van der Waals surface area contributed by atoms with Crippen LogP contribution in [0.15, 0.2) is 54.7 Å². The number of benzene rings is 2. The number of pyridine rings is 1. The van der Waals surface area contributed by atoms with E-state index in [1.165, 1.54) is 21.9 Å². The van der Waals surface area contributed by atoms with Gasteiger partial charge in [-0.1, -0.05) is 48.0 Å². The molecule has 4 rings (SSSR count). The highest BCUT2D eigenvalue weighted by atomic mass is 35.5. The molecule has 2 atom stereocenters. The van der Waals surface area contributed by atoms with Crippen LogP contribution in [0.5, 0.6) is 0 Å². The molecule has 0 radical (unpaired) electrons. The van der Waals surface area contributed by atoms with Crippen LogP contribution >= 0.6 is 11.6 Å². The van der Waals surface area contributed by atoms with Crippen molar-refractivity contribution >= 4 is 52.2 Å². The first-order chi connectivity index (χ1) is 23.3. The smallest absolute Gasteiger partial charge is 0.412 e. The number of anilines is 1. The number of aliphatic hydroxyl groups is 1. The van der Waals surface area contributed by atoms with Gasteiger partial charge in [-0.25, -0.2) is 19.0 Å². The molecule has 4 amide bonds. The summed E-state index contributed by atoms with van der Waals surface area (Å²) in [5.41, 5.74) is -0.227. The molecule has 1 unspecified atom stereocenters. The van der Waals surface area contributed by atoms with Crippen molar-refractivity contribution in [2.24, 2.45) is 0 Å². The molecular weight excluding hydrogens is 657 g/mol. The molecule has 1 saturated heterocycles. The van der Waals surface area contributed by atoms with E-state index < -0.39 is 35.7 Å². The summed E-state index contributed by atoms with van der Waals surface area (Å²) in [5, 5.41) is 14.3. The fraction of sp³-hybridized carbons (Fsp3) is 0.457. The molecule has 1 aromatic heterocycles. The Balaban J connectivity index is 1.39. The van der Waals surface area contributed by atoms with Gasteiger partial charge in [-0.05, 0) is 56.7 Å². The number of carbonyl (C=O) groups is 4. The predicted octanol–water partition coefficient (Wildman–Crippen LogP) is 5.26. The van der Waals surface area contributed by atoms with Crippen molar-refractivity contribution in [1.82, 2.24) is 19.7 Å². The Hall–Kier alpha value is -4.49. The van der Waals surface area contributed by atoms with Gasteiger partial charge in [0.2, 0.25) is 11.8 Å². The van der Waals surface area contributed by atoms with Crippen molar-refractivity contribution in [3.63, 3.8) is 0 Å². The minimum Gasteiger partial charge on any atom is -0.447 e. The summed E-state index contributed by atoms with van der Waals surface area (Å²) in [6.45, 7) is 5.21. The lowest BCUT2D eigenvalue weighted by Gasteiger charge is -2.41. The number of likely N-dealkylation sites (N-methyl/N-ethyl adjacent to an activating group) is 1. The minimum atomic E-state index is -0.782. The second-order valence-electron chi connectivity index (χ2n) is 12.9. The molecule has 1 aliphatic heterocycles. The molecule has 2 heterocycles. The third kappa shape index (κ3) is 10.5. The van der Waals surface area contributed by atoms with E-state index in [2.05, 4.69) is 10.3 Å². The largest absolute Gasteiger partial charge is 0.447 e. The van der Waals surface area contributed by atoms with E-state index in [4.69, 9.17) is 21.1 Å². The normalized spacial score (nSPS) is 15.4. The Morgan fingerprint density at radius 2 is 1.84 bits per heavy atom. The average molecular weight is 700 g/mol. The second kappa shape index (κ2) is 16.8. The van der Waals surface area contributed by atoms with Gasteiger partial charge in [0, 0.05) is 51.1 Å². The number of nitrogens with zero attached hydrogens (tertiary/aromatic N) is 4. The molecule has 3 aromatic rings. The average Bonchev–Trinajstić information content (AvgIpc) is 3.07. The molecule has 0 spiro atoms. The van der Waals surface area contributed by atoms with E-state index in [0.29, 0.717) is 5.56 Å². The van der Waals surface area contributed by atoms with Gasteiger partial charge in [-0.15, -0.1) is 0 Å². The van der Waals surface area contributed by atoms with Gasteiger partial charge in [0.1, 0.15) is 23.8 Å². The van der Waals surface area contributed by atoms with E-state index in [-0.39, 0.29) is 81.2 Å². The zero-order valence-corrected chi connectivity index (χ0v) is 28.9. The third-order valence-corrected chi connectivity index (χ3v) is 8.64. The monoisotopic (exact) mass is 699 g/mol. The quantitative estimate of drug-likeness (QED) is 0.276. The number of nitrogens with one attached hydrogen (secondary N) is 1. The number of amides is 4. The van der Waals surface area contributed by atoms with E-state index in [9.17, 15) is 28.7 Å². The van der Waals surface area contributed by atoms with Crippen molar-refractivity contribution < 1.29 is 38.1 Å². The van der Waals surface area contributed by atoms with Crippen LogP contribution in [0.25, 0.3) is 10.8 Å². The molecule has 0 aliphatic carbocycles. The highest BCUT2D eigenvalue weighted by Crippen LogP contribution is 2.22. The van der Waals surface area contributed by atoms with Crippen LogP contribution in [0.2, 0.25) is 5.02 Å². The number of aliphatic hydroxyl groups excluding tert-OH is 1. The van der Waals surface area contributed by atoms with E-state index in [1.807, 2.05) is 24.3 Å². The van der Waals surface area contributed by atoms with Crippen LogP contribution in [0.1, 0.15) is 45.6 Å². The molecule has 2 N–H and O–H groups in total. The van der Waals surface area contributed by atoms with Crippen LogP contribution in [0, 0.1) is 5.82 Å². The third-order valence-electron chi connectivity index (χ3n) is 8.21. The Morgan fingerprint density at radius 3 is 2.55 bits per heavy atom. The Morgan fingerprint density at radius 1 is 1.10 bits per heavy atom. The Bertz CT molecular complexity index is 1650. The molecule has 0 saturated carbocycles. The molecule has 264 valence electrons. The molecular formula is C35H43ClFN5O7. The Labute approximate surface area is 290 Å². The Kier molecular flexibility index (Phi) is 12.8. The summed E-state index contributed by atoms with van der Waals surface area (Å²) < 4.78 is 24.9. The number of piperazine rings is 1. The van der Waals surface area contributed by atoms with Crippen molar-refractivity contribution in [3.05, 3.63) is 71.1 Å². The number of aryl methyl sites for hydroxylation is 1. The fourth-order valence-electron chi connectivity index (χ4n) is 5.46. The SMILES string of the molecule is CN(C(=O)CCc1cccc(F)c1Cl)[C@@H](CCC(=O)N1CCN(C(=O)OC(C)(C)C)C(CO)C1)COC(=O)Nc1cc2ccccc2cn1. The van der Waals surface area contributed by atoms with Crippen molar-refractivity contribution in [3.8, 4) is 0 Å². The first-order valence-corrected chi connectivity index (χ1v) is 16.5. The van der Waals surface area contributed by atoms with Gasteiger partial charge in [-0.3, -0.25) is 19.8 Å². The van der Waals surface area contributed by atoms with Crippen LogP contribution in [0.3, 0.4) is 0 Å². The maximum atomic E-state index is 13.9. The molecule has 0 bridgehead atoms. The summed E-state index contributed by atoms with van der Waals surface area (Å²) in [4.78, 5) is 60.7. The van der Waals surface area contributed by atoms with Gasteiger partial charge in [-0.2, -0.15) is 0 Å². The zero-order valence-electron chi connectivity index (χ0n) is 28.2. The van der Waals surface area contributed by atoms with E-state index in [1.54, 1.807) is 51.0 Å². The maximum Gasteiger partial charge on any atom is 0.412 e. The summed E-state index contributed by atoms with van der Waals surface area (Å²) in [7, 11) is 1.55. The zero-order chi connectivity index (χ0) is 35.7. The molecule has 1 fully saturated rings. The van der Waals surface area contributed by atoms with E-state index >= 15 is 0 Å². The standard InChI is InChI=1S/C35H43ClFN5O7/c1-35(2,3)49-34(47)42-17-16-41(20-27(42)21-43)31(45)15-13-26(40(4)30(44)14-12-23-10-7-11-28(37)32(23)36)22-48-33(46)39-29-18-24-8-5-6-9-25(24)19-38-29/h5-11,18-19,26-27,43H,12-17,20-22H2,1-4H3,(H,38,39,46)/t26-,27?/m0/s1. The van der Waals surface area contributed by atoms with E-state index in [0.717, 1.165) is 10.8 Å². The molecule has 2 aromatic carbocycles. The summed E-state index contributed by atoms with van der Waals surface area (Å²) in [5.74, 6) is -0.850. The summed E-state index contributed by atoms with van der Waals surface area (Å²) in [6, 6.07) is 12.3. The maximum absolute atomic E-state index is 13.9. The fourth-order valence-corrected chi connectivity index (χ4v) is 5.68. The number of hydrogen-bond acceptors (Lipinski definition) is 8. The van der Waals surface area contributed by atoms with Crippen molar-refractivity contribution in [2.75, 3.05) is 45.2 Å². The lowest BCUT2D eigenvalue weighted by Crippen LogP contribution is -2.58. The van der Waals surface area contributed by atoms with Crippen molar-refractivity contribution in [2.45, 2.75) is 64.1 Å². The number of rotatable bonds is 11. The van der Waals surface area contributed by atoms with Crippen LogP contribution in [0.4, 0.5) is 19.8 Å². The van der Waals surface area contributed by atoms with Crippen LogP contribution in [-0.2, 0) is 25.5 Å². The van der Waals surface area contributed by atoms with Crippen LogP contribution in [-0.4, -0.2) is 106 Å². The number of ether oxygens (including phenoxy) is 2. The highest BCUT2D eigenvalue weighted by molar-refractivity contribution is 6.31. The number of halogens is 2. The molecule has 14 heteroatoms. The minimum absolute atomic E-state index is 0.000192. The molecule has 49 heavy (non-hydrogen) atoms. The summed E-state index contributed by atoms with van der Waals surface area (Å²) >= 11 is 6.08. The van der Waals surface area contributed by atoms with Gasteiger partial charge in [0.05, 0.1) is 23.7 Å². The van der Waals surface area contributed by atoms with Gasteiger partial charge in [0.15, 0.2) is 0 Å². The van der Waals surface area contributed by atoms with Gasteiger partial charge >= 0.3 is 12.2 Å². The lowest BCUT2D eigenvalue weighted by molar-refractivity contribution is -0.137. The number of hydrogen-bond donors (Lipinski definition) is 2. The number of carbonyl (C=O) groups excluding carboxylic acids is 4. The topological polar surface area (TPSA) is 142 Å². The van der Waals surface area contributed by atoms with Crippen molar-refractivity contribution in [1.29, 1.82) is 0 Å². The summed E-state index contributed by atoms with van der Waals surface area (Å²) in [6.07, 6.45) is 0.626. The number of aromatic nitrogens is 1. The molecule has 1 aliphatic rings. The predicted molar refractivity (Wildman–Crippen MR) is 183 cm³/mol. The van der Waals surface area contributed by atoms with Crippen LogP contribution < -0.4 is 5.32 Å². The first-order valence-electron chi connectivity index (χ1n) is 16.1. The highest BCUT2D eigenvalue weighted by Gasteiger charge is 2.35.